The van der Waals surface area contributed by atoms with E-state index < -0.39 is 14.1 Å². The van der Waals surface area contributed by atoms with Crippen LogP contribution in [-0.4, -0.2) is 14.1 Å². The molecule has 0 unspecified atom stereocenters. The van der Waals surface area contributed by atoms with E-state index in [1.165, 1.54) is 0 Å². The standard InChI is InChI=1S/C15H24O2Si/c1-8-13-10-9-11-14(12(13)2)16-15(3,4)17-18(5,6)7/h8-11H,1H2,2-7H3. The molecule has 2 nitrogen and oxygen atoms in total. The third-order valence-electron chi connectivity index (χ3n) is 2.45. The second-order valence-corrected chi connectivity index (χ2v) is 10.3. The van der Waals surface area contributed by atoms with E-state index >= 15 is 0 Å². The Morgan fingerprint density at radius 3 is 2.33 bits per heavy atom. The first-order chi connectivity index (χ1) is 8.14. The topological polar surface area (TPSA) is 18.5 Å². The van der Waals surface area contributed by atoms with Crippen molar-refractivity contribution in [2.24, 2.45) is 0 Å². The van der Waals surface area contributed by atoms with Gasteiger partial charge in [-0.1, -0.05) is 24.8 Å². The zero-order chi connectivity index (χ0) is 14.0. The van der Waals surface area contributed by atoms with Crippen LogP contribution in [0.15, 0.2) is 24.8 Å². The minimum Gasteiger partial charge on any atom is -0.464 e. The Bertz CT molecular complexity index is 431. The second-order valence-electron chi connectivity index (χ2n) is 5.89. The van der Waals surface area contributed by atoms with Gasteiger partial charge in [-0.25, -0.2) is 0 Å². The summed E-state index contributed by atoms with van der Waals surface area (Å²) in [6.45, 7) is 16.2. The van der Waals surface area contributed by atoms with Gasteiger partial charge in [0.15, 0.2) is 14.1 Å². The van der Waals surface area contributed by atoms with Crippen molar-refractivity contribution in [1.82, 2.24) is 0 Å². The van der Waals surface area contributed by atoms with E-state index in [1.54, 1.807) is 0 Å². The molecule has 0 saturated heterocycles. The summed E-state index contributed by atoms with van der Waals surface area (Å²) in [7, 11) is -1.63. The fourth-order valence-corrected chi connectivity index (χ4v) is 3.50. The Balaban J connectivity index is 2.94. The summed E-state index contributed by atoms with van der Waals surface area (Å²) in [4.78, 5) is 0. The molecule has 0 radical (unpaired) electrons. The molecule has 0 aliphatic rings. The van der Waals surface area contributed by atoms with Gasteiger partial charge in [0.05, 0.1) is 0 Å². The molecular formula is C15H24O2Si. The van der Waals surface area contributed by atoms with Gasteiger partial charge in [0.25, 0.3) is 0 Å². The van der Waals surface area contributed by atoms with Gasteiger partial charge in [0.1, 0.15) is 5.75 Å². The number of rotatable bonds is 5. The lowest BCUT2D eigenvalue weighted by Crippen LogP contribution is -2.42. The van der Waals surface area contributed by atoms with E-state index in [0.717, 1.165) is 16.9 Å². The van der Waals surface area contributed by atoms with Crippen LogP contribution in [0.2, 0.25) is 19.6 Å². The highest BCUT2D eigenvalue weighted by molar-refractivity contribution is 6.69. The van der Waals surface area contributed by atoms with Crippen LogP contribution in [0.5, 0.6) is 5.75 Å². The van der Waals surface area contributed by atoms with Crippen LogP contribution in [0.4, 0.5) is 0 Å². The second kappa shape index (κ2) is 5.29. The molecule has 0 atom stereocenters. The van der Waals surface area contributed by atoms with Crippen molar-refractivity contribution in [3.8, 4) is 5.75 Å². The maximum atomic E-state index is 6.05. The highest BCUT2D eigenvalue weighted by Gasteiger charge is 2.29. The third-order valence-corrected chi connectivity index (χ3v) is 3.56. The van der Waals surface area contributed by atoms with Crippen molar-refractivity contribution in [3.05, 3.63) is 35.9 Å². The van der Waals surface area contributed by atoms with Crippen LogP contribution in [0.25, 0.3) is 6.08 Å². The van der Waals surface area contributed by atoms with Gasteiger partial charge in [-0.05, 0) is 57.6 Å². The highest BCUT2D eigenvalue weighted by atomic mass is 28.4. The Morgan fingerprint density at radius 2 is 1.83 bits per heavy atom. The number of ether oxygens (including phenoxy) is 1. The number of hydrogen-bond acceptors (Lipinski definition) is 2. The summed E-state index contributed by atoms with van der Waals surface area (Å²) < 4.78 is 12.1. The van der Waals surface area contributed by atoms with Gasteiger partial charge in [-0.3, -0.25) is 0 Å². The summed E-state index contributed by atoms with van der Waals surface area (Å²) in [6.07, 6.45) is 1.84. The Labute approximate surface area is 112 Å². The van der Waals surface area contributed by atoms with Crippen molar-refractivity contribution in [2.45, 2.75) is 46.2 Å². The molecule has 0 bridgehead atoms. The predicted molar refractivity (Wildman–Crippen MR) is 80.4 cm³/mol. The van der Waals surface area contributed by atoms with Crippen molar-refractivity contribution in [3.63, 3.8) is 0 Å². The van der Waals surface area contributed by atoms with Crippen molar-refractivity contribution >= 4 is 14.4 Å². The smallest absolute Gasteiger partial charge is 0.195 e. The molecule has 1 aromatic carbocycles. The van der Waals surface area contributed by atoms with Gasteiger partial charge < -0.3 is 9.16 Å². The fourth-order valence-electron chi connectivity index (χ4n) is 1.99. The van der Waals surface area contributed by atoms with Crippen molar-refractivity contribution in [1.29, 1.82) is 0 Å². The molecular weight excluding hydrogens is 240 g/mol. The number of benzene rings is 1. The molecule has 0 amide bonds. The molecule has 18 heavy (non-hydrogen) atoms. The van der Waals surface area contributed by atoms with Crippen LogP contribution >= 0.6 is 0 Å². The molecule has 0 heterocycles. The lowest BCUT2D eigenvalue weighted by molar-refractivity contribution is -0.0881. The minimum atomic E-state index is -1.63. The molecule has 0 spiro atoms. The SMILES string of the molecule is C=Cc1cccc(OC(C)(C)O[Si](C)(C)C)c1C. The van der Waals surface area contributed by atoms with Gasteiger partial charge in [-0.2, -0.15) is 0 Å². The molecule has 0 fully saturated rings. The molecule has 0 aromatic heterocycles. The summed E-state index contributed by atoms with van der Waals surface area (Å²) in [5.41, 5.74) is 2.19. The van der Waals surface area contributed by atoms with E-state index in [-0.39, 0.29) is 0 Å². The predicted octanol–water partition coefficient (Wildman–Crippen LogP) is 4.60. The molecule has 3 heteroatoms. The Morgan fingerprint density at radius 1 is 1.22 bits per heavy atom. The highest BCUT2D eigenvalue weighted by Crippen LogP contribution is 2.28. The fraction of sp³-hybridized carbons (Fsp3) is 0.467. The lowest BCUT2D eigenvalue weighted by Gasteiger charge is -2.33. The Hall–Kier alpha value is -1.06. The van der Waals surface area contributed by atoms with Crippen molar-refractivity contribution in [2.75, 3.05) is 0 Å². The summed E-state index contributed by atoms with van der Waals surface area (Å²) in [6, 6.07) is 5.98. The summed E-state index contributed by atoms with van der Waals surface area (Å²) in [5, 5.41) is 0. The summed E-state index contributed by atoms with van der Waals surface area (Å²) >= 11 is 0. The molecule has 1 rings (SSSR count). The van der Waals surface area contributed by atoms with E-state index in [1.807, 2.05) is 45.0 Å². The summed E-state index contributed by atoms with van der Waals surface area (Å²) in [5.74, 6) is 0.255. The van der Waals surface area contributed by atoms with Crippen molar-refractivity contribution < 1.29 is 9.16 Å². The average molecular weight is 264 g/mol. The Kier molecular flexibility index (Phi) is 4.40. The average Bonchev–Trinajstić information content (AvgIpc) is 2.17. The zero-order valence-electron chi connectivity index (χ0n) is 12.3. The maximum absolute atomic E-state index is 6.05. The number of hydrogen-bond donors (Lipinski definition) is 0. The van der Waals surface area contributed by atoms with Gasteiger partial charge in [0, 0.05) is 0 Å². The van der Waals surface area contributed by atoms with Crippen LogP contribution in [0, 0.1) is 6.92 Å². The van der Waals surface area contributed by atoms with E-state index in [0.29, 0.717) is 0 Å². The molecule has 100 valence electrons. The molecule has 0 N–H and O–H groups in total. The van der Waals surface area contributed by atoms with Gasteiger partial charge in [0.2, 0.25) is 0 Å². The normalized spacial score (nSPS) is 12.3. The van der Waals surface area contributed by atoms with E-state index in [4.69, 9.17) is 9.16 Å². The van der Waals surface area contributed by atoms with Gasteiger partial charge >= 0.3 is 0 Å². The maximum Gasteiger partial charge on any atom is 0.195 e. The van der Waals surface area contributed by atoms with Crippen LogP contribution in [0.3, 0.4) is 0 Å². The molecule has 1 aromatic rings. The third kappa shape index (κ3) is 4.31. The first kappa shape index (κ1) is 15.0. The first-order valence-corrected chi connectivity index (χ1v) is 9.67. The van der Waals surface area contributed by atoms with E-state index in [9.17, 15) is 0 Å². The molecule has 0 aliphatic heterocycles. The quantitative estimate of drug-likeness (QED) is 0.571. The monoisotopic (exact) mass is 264 g/mol. The van der Waals surface area contributed by atoms with Crippen LogP contribution < -0.4 is 4.74 Å². The van der Waals surface area contributed by atoms with Crippen LogP contribution in [0.1, 0.15) is 25.0 Å². The molecule has 0 aliphatic carbocycles. The van der Waals surface area contributed by atoms with E-state index in [2.05, 4.69) is 26.2 Å². The van der Waals surface area contributed by atoms with Gasteiger partial charge in [-0.15, -0.1) is 0 Å². The largest absolute Gasteiger partial charge is 0.464 e. The first-order valence-electron chi connectivity index (χ1n) is 6.26. The minimum absolute atomic E-state index is 0.602. The van der Waals surface area contributed by atoms with Crippen LogP contribution in [-0.2, 0) is 4.43 Å². The zero-order valence-corrected chi connectivity index (χ0v) is 13.3. The molecule has 0 saturated carbocycles. The lowest BCUT2D eigenvalue weighted by atomic mass is 10.1.